The van der Waals surface area contributed by atoms with E-state index in [0.717, 1.165) is 12.8 Å². The molecule has 2 aromatic carbocycles. The molecule has 8 nitrogen and oxygen atoms in total. The number of rotatable bonds is 8. The maximum atomic E-state index is 12.4. The molecule has 148 valence electrons. The Morgan fingerprint density at radius 1 is 1.14 bits per heavy atom. The van der Waals surface area contributed by atoms with Crippen LogP contribution in [-0.2, 0) is 4.79 Å². The highest BCUT2D eigenvalue weighted by molar-refractivity contribution is 6.05. The summed E-state index contributed by atoms with van der Waals surface area (Å²) in [6.07, 6.45) is 2.16. The number of ether oxygens (including phenoxy) is 1. The summed E-state index contributed by atoms with van der Waals surface area (Å²) in [5, 5.41) is 16.4. The molecule has 0 fully saturated rings. The predicted molar refractivity (Wildman–Crippen MR) is 107 cm³/mol. The number of anilines is 2. The van der Waals surface area contributed by atoms with E-state index in [-0.39, 0.29) is 11.6 Å². The molecule has 0 spiro atoms. The first-order valence-electron chi connectivity index (χ1n) is 8.90. The van der Waals surface area contributed by atoms with Gasteiger partial charge in [0.1, 0.15) is 5.75 Å². The van der Waals surface area contributed by atoms with Gasteiger partial charge in [-0.15, -0.1) is 0 Å². The van der Waals surface area contributed by atoms with E-state index in [4.69, 9.17) is 4.74 Å². The molecule has 28 heavy (non-hydrogen) atoms. The van der Waals surface area contributed by atoms with E-state index in [2.05, 4.69) is 10.6 Å². The minimum atomic E-state index is -0.491. The van der Waals surface area contributed by atoms with Gasteiger partial charge in [-0.25, -0.2) is 0 Å². The lowest BCUT2D eigenvalue weighted by molar-refractivity contribution is -0.385. The Hall–Kier alpha value is -3.42. The first-order chi connectivity index (χ1) is 13.3. The Kier molecular flexibility index (Phi) is 7.08. The van der Waals surface area contributed by atoms with Gasteiger partial charge in [0.2, 0.25) is 5.91 Å². The number of nitro benzene ring substituents is 1. The summed E-state index contributed by atoms with van der Waals surface area (Å²) in [6, 6.07) is 9.08. The summed E-state index contributed by atoms with van der Waals surface area (Å²) in [6.45, 7) is 3.59. The SMILES string of the molecule is CCCCC(=O)Nc1ccc(NC(=O)c2ccc([N+](=O)[O-])c(C)c2)cc1OC. The topological polar surface area (TPSA) is 111 Å². The van der Waals surface area contributed by atoms with E-state index in [1.807, 2.05) is 6.92 Å². The smallest absolute Gasteiger partial charge is 0.272 e. The number of benzene rings is 2. The number of carbonyl (C=O) groups is 2. The van der Waals surface area contributed by atoms with Crippen molar-refractivity contribution in [2.75, 3.05) is 17.7 Å². The van der Waals surface area contributed by atoms with E-state index in [1.54, 1.807) is 25.1 Å². The average molecular weight is 385 g/mol. The first kappa shape index (κ1) is 20.9. The van der Waals surface area contributed by atoms with E-state index in [0.29, 0.717) is 34.7 Å². The fraction of sp³-hybridized carbons (Fsp3) is 0.300. The van der Waals surface area contributed by atoms with Crippen molar-refractivity contribution in [2.45, 2.75) is 33.1 Å². The van der Waals surface area contributed by atoms with Gasteiger partial charge >= 0.3 is 0 Å². The summed E-state index contributed by atoms with van der Waals surface area (Å²) in [5.41, 5.74) is 1.66. The molecule has 0 saturated heterocycles. The molecule has 0 aliphatic carbocycles. The highest BCUT2D eigenvalue weighted by Gasteiger charge is 2.15. The number of methoxy groups -OCH3 is 1. The maximum absolute atomic E-state index is 12.4. The highest BCUT2D eigenvalue weighted by Crippen LogP contribution is 2.29. The molecule has 2 N–H and O–H groups in total. The van der Waals surface area contributed by atoms with Crippen LogP contribution in [0.25, 0.3) is 0 Å². The van der Waals surface area contributed by atoms with Crippen molar-refractivity contribution in [1.82, 2.24) is 0 Å². The van der Waals surface area contributed by atoms with Crippen LogP contribution in [-0.4, -0.2) is 23.8 Å². The molecule has 2 aromatic rings. The van der Waals surface area contributed by atoms with Gasteiger partial charge in [0.25, 0.3) is 11.6 Å². The Balaban J connectivity index is 2.13. The Morgan fingerprint density at radius 2 is 1.89 bits per heavy atom. The zero-order chi connectivity index (χ0) is 20.7. The van der Waals surface area contributed by atoms with Gasteiger partial charge in [0.15, 0.2) is 0 Å². The monoisotopic (exact) mass is 385 g/mol. The van der Waals surface area contributed by atoms with Crippen LogP contribution in [0.4, 0.5) is 17.1 Å². The number of hydrogen-bond acceptors (Lipinski definition) is 5. The van der Waals surface area contributed by atoms with Crippen LogP contribution in [0, 0.1) is 17.0 Å². The van der Waals surface area contributed by atoms with Crippen molar-refractivity contribution in [1.29, 1.82) is 0 Å². The van der Waals surface area contributed by atoms with Crippen molar-refractivity contribution >= 4 is 28.9 Å². The van der Waals surface area contributed by atoms with E-state index < -0.39 is 10.8 Å². The van der Waals surface area contributed by atoms with Gasteiger partial charge in [-0.05, 0) is 37.6 Å². The van der Waals surface area contributed by atoms with Crippen LogP contribution >= 0.6 is 0 Å². The zero-order valence-corrected chi connectivity index (χ0v) is 16.1. The summed E-state index contributed by atoms with van der Waals surface area (Å²) >= 11 is 0. The van der Waals surface area contributed by atoms with Crippen LogP contribution < -0.4 is 15.4 Å². The molecule has 8 heteroatoms. The van der Waals surface area contributed by atoms with Gasteiger partial charge in [-0.2, -0.15) is 0 Å². The molecule has 0 aliphatic heterocycles. The van der Waals surface area contributed by atoms with Crippen molar-refractivity contribution in [3.05, 3.63) is 57.6 Å². The molecule has 0 bridgehead atoms. The van der Waals surface area contributed by atoms with Gasteiger partial charge in [0, 0.05) is 35.4 Å². The lowest BCUT2D eigenvalue weighted by Crippen LogP contribution is -2.14. The number of unbranched alkanes of at least 4 members (excludes halogenated alkanes) is 1. The zero-order valence-electron chi connectivity index (χ0n) is 16.1. The van der Waals surface area contributed by atoms with Crippen molar-refractivity contribution in [3.8, 4) is 5.75 Å². The molecule has 2 rings (SSSR count). The second-order valence-corrected chi connectivity index (χ2v) is 6.28. The standard InChI is InChI=1S/C20H23N3O5/c1-4-5-6-19(24)22-16-9-8-15(12-18(16)28-3)21-20(25)14-7-10-17(23(26)27)13(2)11-14/h7-12H,4-6H2,1-3H3,(H,21,25)(H,22,24). The summed E-state index contributed by atoms with van der Waals surface area (Å²) in [7, 11) is 1.47. The molecular formula is C20H23N3O5. The molecule has 0 aliphatic rings. The van der Waals surface area contributed by atoms with Gasteiger partial charge in [-0.1, -0.05) is 13.3 Å². The molecule has 0 aromatic heterocycles. The Morgan fingerprint density at radius 3 is 2.50 bits per heavy atom. The number of hydrogen-bond donors (Lipinski definition) is 2. The number of carbonyl (C=O) groups excluding carboxylic acids is 2. The van der Waals surface area contributed by atoms with Gasteiger partial charge in [-0.3, -0.25) is 19.7 Å². The number of nitro groups is 1. The Bertz CT molecular complexity index is 895. The van der Waals surface area contributed by atoms with Crippen LogP contribution in [0.1, 0.15) is 42.1 Å². The minimum Gasteiger partial charge on any atom is -0.494 e. The second kappa shape index (κ2) is 9.50. The normalized spacial score (nSPS) is 10.2. The third-order valence-corrected chi connectivity index (χ3v) is 4.15. The third-order valence-electron chi connectivity index (χ3n) is 4.15. The van der Waals surface area contributed by atoms with Crippen molar-refractivity contribution in [3.63, 3.8) is 0 Å². The van der Waals surface area contributed by atoms with E-state index >= 15 is 0 Å². The molecule has 0 heterocycles. The largest absolute Gasteiger partial charge is 0.494 e. The first-order valence-corrected chi connectivity index (χ1v) is 8.90. The molecular weight excluding hydrogens is 362 g/mol. The number of nitrogens with one attached hydrogen (secondary N) is 2. The minimum absolute atomic E-state index is 0.0404. The fourth-order valence-corrected chi connectivity index (χ4v) is 2.63. The predicted octanol–water partition coefficient (Wildman–Crippen LogP) is 4.29. The third kappa shape index (κ3) is 5.29. The quantitative estimate of drug-likeness (QED) is 0.520. The van der Waals surface area contributed by atoms with Crippen molar-refractivity contribution in [2.24, 2.45) is 0 Å². The lowest BCUT2D eigenvalue weighted by atomic mass is 10.1. The number of nitrogens with zero attached hydrogens (tertiary/aromatic N) is 1. The summed E-state index contributed by atoms with van der Waals surface area (Å²) in [4.78, 5) is 34.7. The van der Waals surface area contributed by atoms with Crippen molar-refractivity contribution < 1.29 is 19.2 Å². The highest BCUT2D eigenvalue weighted by atomic mass is 16.6. The molecule has 0 atom stereocenters. The second-order valence-electron chi connectivity index (χ2n) is 6.28. The number of amides is 2. The molecule has 0 saturated carbocycles. The van der Waals surface area contributed by atoms with Crippen LogP contribution in [0.15, 0.2) is 36.4 Å². The molecule has 0 radical (unpaired) electrons. The lowest BCUT2D eigenvalue weighted by Gasteiger charge is -2.13. The van der Waals surface area contributed by atoms with E-state index in [9.17, 15) is 19.7 Å². The summed E-state index contributed by atoms with van der Waals surface area (Å²) < 4.78 is 5.30. The number of aryl methyl sites for hydroxylation is 1. The van der Waals surface area contributed by atoms with Crippen LogP contribution in [0.5, 0.6) is 5.75 Å². The molecule has 2 amide bonds. The van der Waals surface area contributed by atoms with Gasteiger partial charge < -0.3 is 15.4 Å². The fourth-order valence-electron chi connectivity index (χ4n) is 2.63. The average Bonchev–Trinajstić information content (AvgIpc) is 2.67. The Labute approximate surface area is 163 Å². The molecule has 0 unspecified atom stereocenters. The van der Waals surface area contributed by atoms with Crippen LogP contribution in [0.3, 0.4) is 0 Å². The van der Waals surface area contributed by atoms with Gasteiger partial charge in [0.05, 0.1) is 17.7 Å². The van der Waals surface area contributed by atoms with Crippen LogP contribution in [0.2, 0.25) is 0 Å². The summed E-state index contributed by atoms with van der Waals surface area (Å²) in [5.74, 6) is -0.0828. The maximum Gasteiger partial charge on any atom is 0.272 e. The van der Waals surface area contributed by atoms with E-state index in [1.165, 1.54) is 25.3 Å².